The monoisotopic (exact) mass is 537 g/mol. The lowest BCUT2D eigenvalue weighted by molar-refractivity contribution is -0.123. The van der Waals surface area contributed by atoms with E-state index in [2.05, 4.69) is 0 Å². The van der Waals surface area contributed by atoms with E-state index in [9.17, 15) is 24.9 Å². The summed E-state index contributed by atoms with van der Waals surface area (Å²) < 4.78 is 0. The van der Waals surface area contributed by atoms with E-state index >= 15 is 0 Å². The zero-order valence-electron chi connectivity index (χ0n) is 21.9. The number of phenolic OH excluding ortho intramolecular Hbond substituents is 1. The van der Waals surface area contributed by atoms with Crippen LogP contribution in [0.4, 0.5) is 5.69 Å². The van der Waals surface area contributed by atoms with Gasteiger partial charge < -0.3 is 15.3 Å². The Morgan fingerprint density at radius 2 is 1.87 bits per heavy atom. The maximum absolute atomic E-state index is 13.6. The molecule has 6 nitrogen and oxygen atoms in total. The topological polar surface area (TPSA) is 98.1 Å². The largest absolute Gasteiger partial charge is 0.508 e. The van der Waals surface area contributed by atoms with Gasteiger partial charge in [0.1, 0.15) is 5.75 Å². The molecule has 2 aromatic rings. The van der Waals surface area contributed by atoms with Crippen molar-refractivity contribution in [3.8, 4) is 5.75 Å². The molecule has 0 unspecified atom stereocenters. The molecule has 4 rings (SSSR count). The molecule has 0 spiro atoms. The predicted molar refractivity (Wildman–Crippen MR) is 150 cm³/mol. The van der Waals surface area contributed by atoms with Crippen molar-refractivity contribution < 1.29 is 24.9 Å². The second kappa shape index (κ2) is 12.3. The highest BCUT2D eigenvalue weighted by Crippen LogP contribution is 2.48. The second-order valence-electron chi connectivity index (χ2n) is 10.2. The normalized spacial score (nSPS) is 22.7. The van der Waals surface area contributed by atoms with Gasteiger partial charge in [-0.3, -0.25) is 14.5 Å². The number of imide groups is 1. The average Bonchev–Trinajstić information content (AvgIpc) is 3.16. The third-order valence-corrected chi connectivity index (χ3v) is 8.17. The fraction of sp³-hybridized carbons (Fsp3) is 0.419. The lowest BCUT2D eigenvalue weighted by atomic mass is 9.67. The molecule has 1 fully saturated rings. The molecule has 202 valence electrons. The summed E-state index contributed by atoms with van der Waals surface area (Å²) in [7, 11) is 0. The first kappa shape index (κ1) is 28.1. The zero-order valence-corrected chi connectivity index (χ0v) is 22.7. The van der Waals surface area contributed by atoms with Crippen LogP contribution in [0.15, 0.2) is 65.3 Å². The predicted octanol–water partition coefficient (Wildman–Crippen LogP) is 5.89. The van der Waals surface area contributed by atoms with Crippen LogP contribution in [0, 0.1) is 17.8 Å². The minimum atomic E-state index is -0.839. The van der Waals surface area contributed by atoms with Crippen LogP contribution >= 0.6 is 11.6 Å². The van der Waals surface area contributed by atoms with Crippen molar-refractivity contribution in [1.29, 1.82) is 0 Å². The maximum atomic E-state index is 13.6. The summed E-state index contributed by atoms with van der Waals surface area (Å²) >= 11 is 6.29. The molecule has 38 heavy (non-hydrogen) atoms. The molecule has 1 aliphatic heterocycles. The van der Waals surface area contributed by atoms with E-state index in [1.54, 1.807) is 36.4 Å². The van der Waals surface area contributed by atoms with Gasteiger partial charge in [-0.25, -0.2) is 0 Å². The Labute approximate surface area is 229 Å². The van der Waals surface area contributed by atoms with Crippen molar-refractivity contribution in [2.24, 2.45) is 17.8 Å². The molecule has 4 atom stereocenters. The molecule has 1 aliphatic carbocycles. The Balaban J connectivity index is 1.60. The van der Waals surface area contributed by atoms with Crippen molar-refractivity contribution in [2.45, 2.75) is 58.5 Å². The van der Waals surface area contributed by atoms with Gasteiger partial charge in [-0.2, -0.15) is 0 Å². The first-order valence-electron chi connectivity index (χ1n) is 13.4. The van der Waals surface area contributed by atoms with Gasteiger partial charge in [0.05, 0.1) is 35.3 Å². The number of carbonyl (C=O) groups excluding carboxylic acids is 2. The van der Waals surface area contributed by atoms with Gasteiger partial charge in [0.25, 0.3) is 0 Å². The van der Waals surface area contributed by atoms with Crippen LogP contribution < -0.4 is 4.90 Å². The van der Waals surface area contributed by atoms with Crippen LogP contribution in [0.5, 0.6) is 5.75 Å². The number of aromatic hydroxyl groups is 1. The molecule has 0 saturated carbocycles. The van der Waals surface area contributed by atoms with E-state index in [0.717, 1.165) is 35.1 Å². The Bertz CT molecular complexity index is 1240. The molecule has 0 bridgehead atoms. The van der Waals surface area contributed by atoms with Crippen LogP contribution in [-0.2, 0) is 9.59 Å². The molecule has 2 aromatic carbocycles. The van der Waals surface area contributed by atoms with Gasteiger partial charge in [0, 0.05) is 5.92 Å². The van der Waals surface area contributed by atoms with Crippen LogP contribution in [-0.4, -0.2) is 39.8 Å². The summed E-state index contributed by atoms with van der Waals surface area (Å²) in [5, 5.41) is 32.1. The Morgan fingerprint density at radius 1 is 1.13 bits per heavy atom. The number of amides is 2. The van der Waals surface area contributed by atoms with Crippen molar-refractivity contribution >= 4 is 35.2 Å². The number of fused-ring (bicyclic) bond motifs is 1. The number of halogens is 1. The van der Waals surface area contributed by atoms with Crippen LogP contribution in [0.2, 0.25) is 5.02 Å². The average molecular weight is 538 g/mol. The van der Waals surface area contributed by atoms with E-state index in [0.29, 0.717) is 36.4 Å². The molecular formula is C31H36ClNO5. The third-order valence-electron chi connectivity index (χ3n) is 7.84. The Morgan fingerprint density at radius 3 is 2.50 bits per heavy atom. The summed E-state index contributed by atoms with van der Waals surface area (Å²) in [5.41, 5.74) is 4.14. The van der Waals surface area contributed by atoms with E-state index in [1.807, 2.05) is 26.0 Å². The minimum absolute atomic E-state index is 0.104. The summed E-state index contributed by atoms with van der Waals surface area (Å²) in [6.07, 6.45) is 4.90. The van der Waals surface area contributed by atoms with E-state index in [4.69, 9.17) is 11.6 Å². The van der Waals surface area contributed by atoms with Gasteiger partial charge in [-0.05, 0) is 73.6 Å². The molecule has 3 N–H and O–H groups in total. The number of aliphatic hydroxyl groups is 2. The quantitative estimate of drug-likeness (QED) is 0.259. The molecule has 2 aliphatic rings. The number of aliphatic hydroxyl groups excluding tert-OH is 2. The highest BCUT2D eigenvalue weighted by atomic mass is 35.5. The molecular weight excluding hydrogens is 502 g/mol. The maximum Gasteiger partial charge on any atom is 0.238 e. The summed E-state index contributed by atoms with van der Waals surface area (Å²) in [4.78, 5) is 28.3. The number of allylic oxidation sites excluding steroid dienone is 2. The number of phenols is 1. The molecule has 0 radical (unpaired) electrons. The molecule has 0 aromatic heterocycles. The molecule has 1 heterocycles. The number of benzene rings is 2. The summed E-state index contributed by atoms with van der Waals surface area (Å²) in [6, 6.07) is 13.8. The summed E-state index contributed by atoms with van der Waals surface area (Å²) in [6.45, 7) is 3.79. The van der Waals surface area contributed by atoms with Crippen molar-refractivity contribution in [3.63, 3.8) is 0 Å². The first-order valence-corrected chi connectivity index (χ1v) is 13.8. The molecule has 2 amide bonds. The van der Waals surface area contributed by atoms with Gasteiger partial charge in [-0.15, -0.1) is 0 Å². The van der Waals surface area contributed by atoms with Crippen molar-refractivity contribution in [3.05, 3.63) is 75.8 Å². The summed E-state index contributed by atoms with van der Waals surface area (Å²) in [5.74, 6) is -2.24. The zero-order chi connectivity index (χ0) is 27.4. The highest BCUT2D eigenvalue weighted by molar-refractivity contribution is 6.32. The van der Waals surface area contributed by atoms with Gasteiger partial charge in [0.2, 0.25) is 11.8 Å². The second-order valence-corrected chi connectivity index (χ2v) is 10.6. The number of para-hydroxylation sites is 1. The van der Waals surface area contributed by atoms with E-state index in [1.165, 1.54) is 11.0 Å². The minimum Gasteiger partial charge on any atom is -0.508 e. The number of hydrogen-bond donors (Lipinski definition) is 3. The lowest BCUT2D eigenvalue weighted by Crippen LogP contribution is -2.39. The number of rotatable bonds is 10. The number of hydrogen-bond acceptors (Lipinski definition) is 5. The molecule has 7 heteroatoms. The number of anilines is 1. The number of nitrogens with zero attached hydrogens (tertiary/aromatic N) is 1. The SMILES string of the molecule is CCCC1=C([C@H](O)CC/C(=C/c2ccc(O)cc2Cl)CC)[C@H](CO)[C@@H]2C(=O)N(c3ccccc3)C(=O)[C@@H]2C1. The Hall–Kier alpha value is -2.93. The van der Waals surface area contributed by atoms with Gasteiger partial charge in [0.15, 0.2) is 0 Å². The van der Waals surface area contributed by atoms with Crippen LogP contribution in [0.25, 0.3) is 6.08 Å². The van der Waals surface area contributed by atoms with Crippen LogP contribution in [0.1, 0.15) is 57.9 Å². The van der Waals surface area contributed by atoms with Gasteiger partial charge >= 0.3 is 0 Å². The fourth-order valence-corrected chi connectivity index (χ4v) is 6.24. The van der Waals surface area contributed by atoms with E-state index < -0.39 is 23.9 Å². The van der Waals surface area contributed by atoms with Crippen LogP contribution in [0.3, 0.4) is 0 Å². The Kier molecular flexibility index (Phi) is 9.08. The fourth-order valence-electron chi connectivity index (χ4n) is 6.01. The van der Waals surface area contributed by atoms with Gasteiger partial charge in [-0.1, -0.05) is 67.3 Å². The van der Waals surface area contributed by atoms with Crippen molar-refractivity contribution in [1.82, 2.24) is 0 Å². The smallest absolute Gasteiger partial charge is 0.238 e. The highest BCUT2D eigenvalue weighted by Gasteiger charge is 2.55. The first-order chi connectivity index (χ1) is 18.3. The van der Waals surface area contributed by atoms with E-state index in [-0.39, 0.29) is 24.2 Å². The molecule has 1 saturated heterocycles. The lowest BCUT2D eigenvalue weighted by Gasteiger charge is -2.36. The van der Waals surface area contributed by atoms with Crippen molar-refractivity contribution in [2.75, 3.05) is 11.5 Å². The number of carbonyl (C=O) groups is 2. The standard InChI is InChI=1S/C31H36ClNO5/c1-3-8-21-16-24-29(31(38)33(30(24)37)22-9-6-5-7-10-22)25(18-34)28(21)27(36)14-11-19(4-2)15-20-12-13-23(35)17-26(20)32/h5-7,9-10,12-13,15,17,24-25,27,29,34-36H,3-4,8,11,14,16,18H2,1-2H3/b19-15+/t24-,25+,27-,29-/m1/s1. The third kappa shape index (κ3) is 5.58.